The minimum absolute atomic E-state index is 0.177. The Hall–Kier alpha value is -2.91. The Morgan fingerprint density at radius 2 is 1.97 bits per heavy atom. The first-order chi connectivity index (χ1) is 15.0. The molecule has 1 saturated heterocycles. The number of alkyl halides is 3. The van der Waals surface area contributed by atoms with Gasteiger partial charge in [-0.15, -0.1) is 0 Å². The molecular formula is C22H26F4N4O2. The normalized spacial score (nSPS) is 17.3. The van der Waals surface area contributed by atoms with Crippen LogP contribution in [0.5, 0.6) is 5.75 Å². The molecule has 0 amide bonds. The summed E-state index contributed by atoms with van der Waals surface area (Å²) in [5, 5.41) is 0. The third-order valence-electron chi connectivity index (χ3n) is 5.38. The average Bonchev–Trinajstić information content (AvgIpc) is 3.19. The van der Waals surface area contributed by atoms with Crippen molar-refractivity contribution in [1.82, 2.24) is 9.97 Å². The molecule has 0 radical (unpaired) electrons. The first-order valence-corrected chi connectivity index (χ1v) is 10.3. The first kappa shape index (κ1) is 23.7. The highest BCUT2D eigenvalue weighted by molar-refractivity contribution is 5.85. The van der Waals surface area contributed by atoms with E-state index in [0.717, 1.165) is 6.20 Å². The van der Waals surface area contributed by atoms with E-state index in [-0.39, 0.29) is 11.9 Å². The van der Waals surface area contributed by atoms with Crippen LogP contribution < -0.4 is 14.5 Å². The molecule has 0 bridgehead atoms. The lowest BCUT2D eigenvalue weighted by molar-refractivity contribution is -0.143. The van der Waals surface area contributed by atoms with Crippen molar-refractivity contribution in [3.63, 3.8) is 0 Å². The molecule has 1 fully saturated rings. The van der Waals surface area contributed by atoms with Gasteiger partial charge in [0.2, 0.25) is 5.95 Å². The number of ether oxygens (including phenoxy) is 1. The number of rotatable bonds is 8. The van der Waals surface area contributed by atoms with Crippen molar-refractivity contribution >= 4 is 17.5 Å². The molecule has 1 aromatic carbocycles. The van der Waals surface area contributed by atoms with Crippen LogP contribution in [0.25, 0.3) is 0 Å². The molecular weight excluding hydrogens is 428 g/mol. The predicted octanol–water partition coefficient (Wildman–Crippen LogP) is 4.35. The van der Waals surface area contributed by atoms with Crippen molar-refractivity contribution in [3.05, 3.63) is 41.8 Å². The molecule has 0 N–H and O–H groups in total. The van der Waals surface area contributed by atoms with Gasteiger partial charge in [0.05, 0.1) is 19.2 Å². The fourth-order valence-corrected chi connectivity index (χ4v) is 3.50. The molecule has 174 valence electrons. The number of carbonyl (C=O) groups is 1. The Balaban J connectivity index is 1.58. The number of benzene rings is 1. The van der Waals surface area contributed by atoms with Crippen molar-refractivity contribution in [2.24, 2.45) is 0 Å². The second kappa shape index (κ2) is 9.70. The highest BCUT2D eigenvalue weighted by Crippen LogP contribution is 2.28. The van der Waals surface area contributed by atoms with Crippen LogP contribution in [0.1, 0.15) is 37.7 Å². The van der Waals surface area contributed by atoms with Gasteiger partial charge in [0, 0.05) is 39.4 Å². The zero-order valence-corrected chi connectivity index (χ0v) is 18.2. The monoisotopic (exact) mass is 454 g/mol. The van der Waals surface area contributed by atoms with Gasteiger partial charge in [-0.05, 0) is 17.7 Å². The minimum Gasteiger partial charge on any atom is -0.489 e. The number of nitrogens with zero attached hydrogens (tertiary/aromatic N) is 4. The first-order valence-electron chi connectivity index (χ1n) is 10.3. The standard InChI is InChI=1S/C22H26F4N4O2/c1-14(19(31)8-10-22(24,25)26)15-4-6-16(7-5-15)32-17-9-11-30(13-17)20-18(23)12-27-21(28-20)29(2)3/h4-7,12,14,17H,8-11,13H2,1-3H3. The van der Waals surface area contributed by atoms with Gasteiger partial charge in [-0.2, -0.15) is 18.2 Å². The quantitative estimate of drug-likeness (QED) is 0.553. The summed E-state index contributed by atoms with van der Waals surface area (Å²) in [4.78, 5) is 23.8. The Bertz CT molecular complexity index is 935. The van der Waals surface area contributed by atoms with Gasteiger partial charge in [0.15, 0.2) is 11.6 Å². The van der Waals surface area contributed by atoms with E-state index in [1.807, 2.05) is 4.90 Å². The van der Waals surface area contributed by atoms with Crippen LogP contribution in [0.3, 0.4) is 0 Å². The van der Waals surface area contributed by atoms with Gasteiger partial charge in [-0.3, -0.25) is 4.79 Å². The van der Waals surface area contributed by atoms with Gasteiger partial charge in [0.25, 0.3) is 0 Å². The third-order valence-corrected chi connectivity index (χ3v) is 5.38. The lowest BCUT2D eigenvalue weighted by Gasteiger charge is -2.20. The van der Waals surface area contributed by atoms with Gasteiger partial charge in [-0.25, -0.2) is 9.37 Å². The van der Waals surface area contributed by atoms with Crippen LogP contribution in [-0.4, -0.2) is 55.2 Å². The SMILES string of the molecule is CC(C(=O)CCC(F)(F)F)c1ccc(OC2CCN(c3nc(N(C)C)ncc3F)C2)cc1. The topological polar surface area (TPSA) is 58.6 Å². The maximum absolute atomic E-state index is 14.2. The molecule has 6 nitrogen and oxygen atoms in total. The number of anilines is 2. The molecule has 1 aromatic heterocycles. The van der Waals surface area contributed by atoms with Crippen LogP contribution in [0, 0.1) is 5.82 Å². The fourth-order valence-electron chi connectivity index (χ4n) is 3.50. The van der Waals surface area contributed by atoms with E-state index >= 15 is 0 Å². The average molecular weight is 454 g/mol. The van der Waals surface area contributed by atoms with Crippen molar-refractivity contribution in [3.8, 4) is 5.75 Å². The molecule has 0 spiro atoms. The second-order valence-electron chi connectivity index (χ2n) is 8.08. The Kier molecular flexibility index (Phi) is 7.20. The van der Waals surface area contributed by atoms with Crippen molar-refractivity contribution in [1.29, 1.82) is 0 Å². The van der Waals surface area contributed by atoms with Crippen LogP contribution in [0.2, 0.25) is 0 Å². The summed E-state index contributed by atoms with van der Waals surface area (Å²) in [7, 11) is 3.56. The zero-order chi connectivity index (χ0) is 23.5. The van der Waals surface area contributed by atoms with Gasteiger partial charge < -0.3 is 14.5 Å². The summed E-state index contributed by atoms with van der Waals surface area (Å²) >= 11 is 0. The van der Waals surface area contributed by atoms with E-state index < -0.39 is 36.5 Å². The van der Waals surface area contributed by atoms with E-state index in [2.05, 4.69) is 9.97 Å². The maximum Gasteiger partial charge on any atom is 0.389 e. The summed E-state index contributed by atoms with van der Waals surface area (Å²) in [5.41, 5.74) is 0.636. The largest absolute Gasteiger partial charge is 0.489 e. The van der Waals surface area contributed by atoms with Crippen molar-refractivity contribution < 1.29 is 27.1 Å². The summed E-state index contributed by atoms with van der Waals surface area (Å²) in [6.07, 6.45) is -4.33. The summed E-state index contributed by atoms with van der Waals surface area (Å²) < 4.78 is 57.2. The molecule has 1 aliphatic rings. The molecule has 0 aliphatic carbocycles. The van der Waals surface area contributed by atoms with Crippen LogP contribution in [-0.2, 0) is 4.79 Å². The number of carbonyl (C=O) groups excluding carboxylic acids is 1. The van der Waals surface area contributed by atoms with E-state index in [4.69, 9.17) is 4.74 Å². The van der Waals surface area contributed by atoms with Gasteiger partial charge >= 0.3 is 6.18 Å². The molecule has 0 saturated carbocycles. The highest BCUT2D eigenvalue weighted by Gasteiger charge is 2.30. The number of hydrogen-bond acceptors (Lipinski definition) is 6. The zero-order valence-electron chi connectivity index (χ0n) is 18.2. The Morgan fingerprint density at radius 3 is 2.59 bits per heavy atom. The molecule has 32 heavy (non-hydrogen) atoms. The van der Waals surface area contributed by atoms with E-state index in [1.165, 1.54) is 0 Å². The fraction of sp³-hybridized carbons (Fsp3) is 0.500. The predicted molar refractivity (Wildman–Crippen MR) is 113 cm³/mol. The van der Waals surface area contributed by atoms with Gasteiger partial charge in [-0.1, -0.05) is 19.1 Å². The summed E-state index contributed by atoms with van der Waals surface area (Å²) in [5.74, 6) is -0.347. The molecule has 2 unspecified atom stereocenters. The van der Waals surface area contributed by atoms with E-state index in [1.54, 1.807) is 50.2 Å². The third kappa shape index (κ3) is 6.08. The van der Waals surface area contributed by atoms with E-state index in [9.17, 15) is 22.4 Å². The number of aromatic nitrogens is 2. The highest BCUT2D eigenvalue weighted by atomic mass is 19.4. The van der Waals surface area contributed by atoms with Crippen LogP contribution in [0.4, 0.5) is 29.3 Å². The molecule has 2 heterocycles. The molecule has 2 atom stereocenters. The number of ketones is 1. The molecule has 10 heteroatoms. The summed E-state index contributed by atoms with van der Waals surface area (Å²) in [6.45, 7) is 2.63. The molecule has 3 rings (SSSR count). The molecule has 2 aromatic rings. The molecule has 1 aliphatic heterocycles. The van der Waals surface area contributed by atoms with Gasteiger partial charge in [0.1, 0.15) is 17.6 Å². The smallest absolute Gasteiger partial charge is 0.389 e. The lowest BCUT2D eigenvalue weighted by atomic mass is 9.94. The number of Topliss-reactive ketones (excluding diaryl/α,β-unsaturated/α-hetero) is 1. The van der Waals surface area contributed by atoms with Crippen LogP contribution in [0.15, 0.2) is 30.5 Å². The Morgan fingerprint density at radius 1 is 1.28 bits per heavy atom. The maximum atomic E-state index is 14.2. The number of halogens is 4. The van der Waals surface area contributed by atoms with E-state index in [0.29, 0.717) is 36.8 Å². The second-order valence-corrected chi connectivity index (χ2v) is 8.08. The Labute approximate surface area is 184 Å². The van der Waals surface area contributed by atoms with Crippen molar-refractivity contribution in [2.75, 3.05) is 37.0 Å². The van der Waals surface area contributed by atoms with Crippen molar-refractivity contribution in [2.45, 2.75) is 44.4 Å². The summed E-state index contributed by atoms with van der Waals surface area (Å²) in [6, 6.07) is 6.76. The number of hydrogen-bond donors (Lipinski definition) is 0. The lowest BCUT2D eigenvalue weighted by Crippen LogP contribution is -2.27. The minimum atomic E-state index is -4.34. The van der Waals surface area contributed by atoms with Crippen LogP contribution >= 0.6 is 0 Å².